The van der Waals surface area contributed by atoms with Crippen LogP contribution in [0.2, 0.25) is 0 Å². The van der Waals surface area contributed by atoms with E-state index in [1.54, 1.807) is 7.11 Å². The van der Waals surface area contributed by atoms with Crippen LogP contribution in [0.1, 0.15) is 127 Å². The molecule has 0 unspecified atom stereocenters. The molecule has 42 heavy (non-hydrogen) atoms. The zero-order chi connectivity index (χ0) is 31.8. The highest BCUT2D eigenvalue weighted by Gasteiger charge is 2.14. The Morgan fingerprint density at radius 2 is 0.952 bits per heavy atom. The third-order valence-corrected chi connectivity index (χ3v) is 7.37. The molecule has 0 N–H and O–H groups in total. The molecule has 0 amide bonds. The van der Waals surface area contributed by atoms with Gasteiger partial charge < -0.3 is 4.74 Å². The molecule has 0 aliphatic carbocycles. The molecule has 234 valence electrons. The summed E-state index contributed by atoms with van der Waals surface area (Å²) in [5.41, 5.74) is 9.70. The molecule has 0 rings (SSSR count). The molecule has 0 aromatic rings. The standard InChI is InChI=1S/C41H64O/c1-34(2)20-14-23-37(5)26-17-29-38(6)27-15-24-35(3)21-12-13-22-36(4)25-16-28-39(7)30-18-31-40(8)32-19-33-41(9,10)42-11/h12-13,16,18,20-22,25-28,30-31H,14-15,17,19,23-24,29,32-33H2,1-11H3/b13-12-,25-16+,30-18+,35-21+,36-22+,37-26+,38-27+,39-28+,40-31+. The van der Waals surface area contributed by atoms with Crippen LogP contribution in [0.25, 0.3) is 0 Å². The highest BCUT2D eigenvalue weighted by Crippen LogP contribution is 2.19. The first-order valence-electron chi connectivity index (χ1n) is 16.0. The van der Waals surface area contributed by atoms with Gasteiger partial charge in [0.25, 0.3) is 0 Å². The van der Waals surface area contributed by atoms with Gasteiger partial charge in [0.15, 0.2) is 0 Å². The van der Waals surface area contributed by atoms with Crippen molar-refractivity contribution >= 4 is 0 Å². The van der Waals surface area contributed by atoms with Crippen LogP contribution in [0.5, 0.6) is 0 Å². The summed E-state index contributed by atoms with van der Waals surface area (Å²) in [4.78, 5) is 0. The smallest absolute Gasteiger partial charge is 0.0622 e. The van der Waals surface area contributed by atoms with Gasteiger partial charge in [-0.05, 0) is 127 Å². The van der Waals surface area contributed by atoms with Gasteiger partial charge in [0.1, 0.15) is 0 Å². The van der Waals surface area contributed by atoms with Crippen LogP contribution in [0.15, 0.2) is 118 Å². The van der Waals surface area contributed by atoms with E-state index in [2.05, 4.69) is 148 Å². The van der Waals surface area contributed by atoms with E-state index in [-0.39, 0.29) is 5.60 Å². The molecule has 0 heterocycles. The summed E-state index contributed by atoms with van der Waals surface area (Å²) >= 11 is 0. The first-order valence-corrected chi connectivity index (χ1v) is 16.0. The Kier molecular flexibility index (Phi) is 22.4. The van der Waals surface area contributed by atoms with E-state index in [9.17, 15) is 0 Å². The number of methoxy groups -OCH3 is 1. The number of hydrogen-bond acceptors (Lipinski definition) is 1. The third-order valence-electron chi connectivity index (χ3n) is 7.37. The molecule has 1 heteroatoms. The van der Waals surface area contributed by atoms with Gasteiger partial charge in [0, 0.05) is 7.11 Å². The maximum Gasteiger partial charge on any atom is 0.0622 e. The predicted molar refractivity (Wildman–Crippen MR) is 192 cm³/mol. The number of rotatable bonds is 20. The van der Waals surface area contributed by atoms with Crippen molar-refractivity contribution in [3.05, 3.63) is 118 Å². The fourth-order valence-corrected chi connectivity index (χ4v) is 4.20. The van der Waals surface area contributed by atoms with Gasteiger partial charge in [0.05, 0.1) is 5.60 Å². The van der Waals surface area contributed by atoms with Crippen molar-refractivity contribution in [3.8, 4) is 0 Å². The molecular weight excluding hydrogens is 508 g/mol. The van der Waals surface area contributed by atoms with Crippen LogP contribution < -0.4 is 0 Å². The maximum absolute atomic E-state index is 5.51. The van der Waals surface area contributed by atoms with Crippen LogP contribution in [-0.2, 0) is 4.74 Å². The zero-order valence-corrected chi connectivity index (χ0v) is 29.3. The van der Waals surface area contributed by atoms with Gasteiger partial charge in [-0.3, -0.25) is 0 Å². The Bertz CT molecular complexity index is 1070. The lowest BCUT2D eigenvalue weighted by molar-refractivity contribution is 0.0140. The van der Waals surface area contributed by atoms with Crippen LogP contribution in [0.3, 0.4) is 0 Å². The van der Waals surface area contributed by atoms with Crippen molar-refractivity contribution in [2.45, 2.75) is 133 Å². The first kappa shape index (κ1) is 39.4. The van der Waals surface area contributed by atoms with Gasteiger partial charge in [-0.1, -0.05) is 118 Å². The summed E-state index contributed by atoms with van der Waals surface area (Å²) in [7, 11) is 1.79. The molecule has 0 aromatic carbocycles. The van der Waals surface area contributed by atoms with E-state index in [4.69, 9.17) is 4.74 Å². The minimum atomic E-state index is -0.0286. The number of allylic oxidation sites excluding steroid dienone is 20. The third kappa shape index (κ3) is 25.1. The molecule has 0 saturated heterocycles. The second-order valence-electron chi connectivity index (χ2n) is 12.8. The lowest BCUT2D eigenvalue weighted by Crippen LogP contribution is -2.21. The Morgan fingerprint density at radius 1 is 0.524 bits per heavy atom. The van der Waals surface area contributed by atoms with Crippen molar-refractivity contribution in [1.29, 1.82) is 0 Å². The fourth-order valence-electron chi connectivity index (χ4n) is 4.20. The normalized spacial score (nSPS) is 15.1. The average Bonchev–Trinajstić information content (AvgIpc) is 2.91. The van der Waals surface area contributed by atoms with Crippen LogP contribution in [-0.4, -0.2) is 12.7 Å². The minimum Gasteiger partial charge on any atom is -0.379 e. The SMILES string of the molecule is COC(C)(C)CCC/C(C)=C/C=C/C(C)=C/C=C/C(C)=C/C=C\C=C(/C)CC/C=C(\C)CC/C=C(\C)CCC=C(C)C. The average molecular weight is 573 g/mol. The molecule has 0 aromatic heterocycles. The van der Waals surface area contributed by atoms with Crippen molar-refractivity contribution in [3.63, 3.8) is 0 Å². The summed E-state index contributed by atoms with van der Waals surface area (Å²) in [6.45, 7) is 21.9. The van der Waals surface area contributed by atoms with E-state index < -0.39 is 0 Å². The lowest BCUT2D eigenvalue weighted by atomic mass is 9.99. The molecule has 0 aliphatic heterocycles. The van der Waals surface area contributed by atoms with E-state index in [1.807, 2.05) is 0 Å². The van der Waals surface area contributed by atoms with Crippen molar-refractivity contribution in [2.24, 2.45) is 0 Å². The Balaban J connectivity index is 4.48. The fraction of sp³-hybridized carbons (Fsp3) is 0.512. The molecule has 0 aliphatic rings. The minimum absolute atomic E-state index is 0.0286. The van der Waals surface area contributed by atoms with Gasteiger partial charge in [-0.2, -0.15) is 0 Å². The first-order chi connectivity index (χ1) is 19.8. The lowest BCUT2D eigenvalue weighted by Gasteiger charge is -2.22. The van der Waals surface area contributed by atoms with Crippen LogP contribution in [0.4, 0.5) is 0 Å². The highest BCUT2D eigenvalue weighted by molar-refractivity contribution is 5.30. The second kappa shape index (κ2) is 23.9. The van der Waals surface area contributed by atoms with Crippen LogP contribution >= 0.6 is 0 Å². The predicted octanol–water partition coefficient (Wildman–Crippen LogP) is 13.2. The topological polar surface area (TPSA) is 9.23 Å². The Hall–Kier alpha value is -2.64. The number of hydrogen-bond donors (Lipinski definition) is 0. The molecule has 0 saturated carbocycles. The monoisotopic (exact) mass is 572 g/mol. The summed E-state index contributed by atoms with van der Waals surface area (Å²) in [6.07, 6.45) is 39.0. The van der Waals surface area contributed by atoms with Gasteiger partial charge in [-0.25, -0.2) is 0 Å². The summed E-state index contributed by atoms with van der Waals surface area (Å²) in [5.74, 6) is 0. The quantitative estimate of drug-likeness (QED) is 0.104. The van der Waals surface area contributed by atoms with Crippen molar-refractivity contribution in [1.82, 2.24) is 0 Å². The van der Waals surface area contributed by atoms with E-state index in [0.717, 1.165) is 51.4 Å². The zero-order valence-electron chi connectivity index (χ0n) is 29.3. The summed E-state index contributed by atoms with van der Waals surface area (Å²) in [6, 6.07) is 0. The largest absolute Gasteiger partial charge is 0.379 e. The maximum atomic E-state index is 5.51. The molecule has 0 atom stereocenters. The Labute approximate surface area is 262 Å². The molecule has 0 spiro atoms. The number of ether oxygens (including phenoxy) is 1. The summed E-state index contributed by atoms with van der Waals surface area (Å²) < 4.78 is 5.51. The van der Waals surface area contributed by atoms with E-state index >= 15 is 0 Å². The molecule has 0 fully saturated rings. The molecule has 0 radical (unpaired) electrons. The van der Waals surface area contributed by atoms with Gasteiger partial charge in [-0.15, -0.1) is 0 Å². The molecule has 0 bridgehead atoms. The summed E-state index contributed by atoms with van der Waals surface area (Å²) in [5, 5.41) is 0. The van der Waals surface area contributed by atoms with Crippen molar-refractivity contribution < 1.29 is 4.74 Å². The van der Waals surface area contributed by atoms with Gasteiger partial charge in [0.2, 0.25) is 0 Å². The Morgan fingerprint density at radius 3 is 1.50 bits per heavy atom. The van der Waals surface area contributed by atoms with Crippen molar-refractivity contribution in [2.75, 3.05) is 7.11 Å². The second-order valence-corrected chi connectivity index (χ2v) is 12.8. The molecular formula is C41H64O. The van der Waals surface area contributed by atoms with E-state index in [1.165, 1.54) is 45.4 Å². The van der Waals surface area contributed by atoms with Crippen LogP contribution in [0, 0.1) is 0 Å². The van der Waals surface area contributed by atoms with E-state index in [0.29, 0.717) is 0 Å². The molecule has 1 nitrogen and oxygen atoms in total. The highest BCUT2D eigenvalue weighted by atomic mass is 16.5. The van der Waals surface area contributed by atoms with Gasteiger partial charge >= 0.3 is 0 Å².